The Morgan fingerprint density at radius 2 is 2.17 bits per heavy atom. The van der Waals surface area contributed by atoms with Crippen LogP contribution in [0.2, 0.25) is 5.28 Å². The van der Waals surface area contributed by atoms with Crippen molar-refractivity contribution in [2.75, 3.05) is 25.6 Å². The lowest BCUT2D eigenvalue weighted by atomic mass is 10.2. The number of esters is 1. The molecule has 0 aliphatic rings. The molecule has 0 bridgehead atoms. The average Bonchev–Trinajstić information content (AvgIpc) is 2.33. The maximum Gasteiger partial charge on any atom is 0.343 e. The highest BCUT2D eigenvalue weighted by molar-refractivity contribution is 6.28. The van der Waals surface area contributed by atoms with Gasteiger partial charge in [-0.2, -0.15) is 4.98 Å². The number of nitrogens with one attached hydrogen (secondary N) is 1. The van der Waals surface area contributed by atoms with Gasteiger partial charge in [-0.25, -0.2) is 9.78 Å². The highest BCUT2D eigenvalue weighted by Gasteiger charge is 2.18. The molecule has 0 saturated heterocycles. The number of hydrogen-bond acceptors (Lipinski definition) is 5. The van der Waals surface area contributed by atoms with Crippen molar-refractivity contribution in [3.8, 4) is 0 Å². The quantitative estimate of drug-likeness (QED) is 0.491. The van der Waals surface area contributed by atoms with Crippen LogP contribution < -0.4 is 5.32 Å². The predicted octanol–water partition coefficient (Wildman–Crippen LogP) is 2.39. The molecular weight excluding hydrogens is 261 g/mol. The zero-order valence-electron chi connectivity index (χ0n) is 10.3. The van der Waals surface area contributed by atoms with Crippen LogP contribution in [0.4, 0.5) is 10.2 Å². The van der Waals surface area contributed by atoms with Crippen molar-refractivity contribution in [2.24, 2.45) is 0 Å². The van der Waals surface area contributed by atoms with E-state index in [-0.39, 0.29) is 17.5 Å². The summed E-state index contributed by atoms with van der Waals surface area (Å²) in [5, 5.41) is 2.99. The van der Waals surface area contributed by atoms with Crippen LogP contribution in [-0.2, 0) is 4.74 Å². The van der Waals surface area contributed by atoms with Crippen LogP contribution in [0.5, 0.6) is 0 Å². The van der Waals surface area contributed by atoms with E-state index in [0.717, 1.165) is 0 Å². The van der Waals surface area contributed by atoms with Crippen LogP contribution in [0.3, 0.4) is 0 Å². The number of nitrogens with zero attached hydrogens (tertiary/aromatic N) is 2. The number of alkyl halides is 1. The summed E-state index contributed by atoms with van der Waals surface area (Å²) in [4.78, 5) is 19.5. The monoisotopic (exact) mass is 275 g/mol. The fraction of sp³-hybridized carbons (Fsp3) is 0.545. The van der Waals surface area contributed by atoms with Gasteiger partial charge in [0.05, 0.1) is 19.5 Å². The van der Waals surface area contributed by atoms with Gasteiger partial charge in [0, 0.05) is 6.54 Å². The number of halogens is 2. The van der Waals surface area contributed by atoms with E-state index in [1.54, 1.807) is 6.92 Å². The standard InChI is InChI=1S/C11H15ClFN3O2/c1-7-8(10(17)18-2)9(16-11(12)15-7)14-6-4-3-5-13/h3-6H2,1-2H3,(H,14,15,16). The molecular formula is C11H15ClFN3O2. The van der Waals surface area contributed by atoms with Crippen molar-refractivity contribution in [2.45, 2.75) is 19.8 Å². The number of rotatable bonds is 6. The van der Waals surface area contributed by atoms with Crippen LogP contribution in [-0.4, -0.2) is 36.3 Å². The fourth-order valence-electron chi connectivity index (χ4n) is 1.44. The van der Waals surface area contributed by atoms with Crippen LogP contribution in [0.1, 0.15) is 28.9 Å². The number of methoxy groups -OCH3 is 1. The van der Waals surface area contributed by atoms with Crippen molar-refractivity contribution in [1.82, 2.24) is 9.97 Å². The van der Waals surface area contributed by atoms with E-state index < -0.39 is 5.97 Å². The van der Waals surface area contributed by atoms with E-state index in [4.69, 9.17) is 11.6 Å². The third-order valence-electron chi connectivity index (χ3n) is 2.31. The Bertz CT molecular complexity index is 429. The van der Waals surface area contributed by atoms with Gasteiger partial charge in [-0.05, 0) is 31.4 Å². The third-order valence-corrected chi connectivity index (χ3v) is 2.47. The molecule has 1 heterocycles. The number of ether oxygens (including phenoxy) is 1. The molecule has 0 aromatic carbocycles. The molecule has 1 aromatic heterocycles. The minimum atomic E-state index is -0.530. The van der Waals surface area contributed by atoms with Gasteiger partial charge < -0.3 is 10.1 Å². The van der Waals surface area contributed by atoms with Crippen molar-refractivity contribution in [3.05, 3.63) is 16.5 Å². The molecule has 0 radical (unpaired) electrons. The maximum atomic E-state index is 12.0. The molecule has 0 spiro atoms. The second-order valence-corrected chi connectivity index (χ2v) is 3.95. The van der Waals surface area contributed by atoms with Gasteiger partial charge in [0.25, 0.3) is 0 Å². The first-order valence-corrected chi connectivity index (χ1v) is 5.90. The van der Waals surface area contributed by atoms with Gasteiger partial charge in [-0.1, -0.05) is 0 Å². The van der Waals surface area contributed by atoms with E-state index in [1.165, 1.54) is 7.11 Å². The third kappa shape index (κ3) is 3.80. The predicted molar refractivity (Wildman–Crippen MR) is 66.8 cm³/mol. The summed E-state index contributed by atoms with van der Waals surface area (Å²) >= 11 is 5.74. The normalized spacial score (nSPS) is 10.2. The van der Waals surface area contributed by atoms with Crippen molar-refractivity contribution in [3.63, 3.8) is 0 Å². The lowest BCUT2D eigenvalue weighted by molar-refractivity contribution is 0.0600. The average molecular weight is 276 g/mol. The van der Waals surface area contributed by atoms with Gasteiger partial charge in [0.15, 0.2) is 0 Å². The maximum absolute atomic E-state index is 12.0. The Balaban J connectivity index is 2.89. The lowest BCUT2D eigenvalue weighted by Crippen LogP contribution is -2.14. The molecule has 5 nitrogen and oxygen atoms in total. The highest BCUT2D eigenvalue weighted by Crippen LogP contribution is 2.19. The summed E-state index contributed by atoms with van der Waals surface area (Å²) in [7, 11) is 1.28. The van der Waals surface area contributed by atoms with Gasteiger partial charge in [-0.3, -0.25) is 4.39 Å². The minimum absolute atomic E-state index is 0.0492. The molecule has 7 heteroatoms. The van der Waals surface area contributed by atoms with E-state index in [2.05, 4.69) is 20.0 Å². The van der Waals surface area contributed by atoms with Gasteiger partial charge >= 0.3 is 5.97 Å². The van der Waals surface area contributed by atoms with Crippen LogP contribution in [0, 0.1) is 6.92 Å². The largest absolute Gasteiger partial charge is 0.465 e. The molecule has 0 aliphatic heterocycles. The number of carbonyl (C=O) groups is 1. The molecule has 0 saturated carbocycles. The fourth-order valence-corrected chi connectivity index (χ4v) is 1.65. The Morgan fingerprint density at radius 1 is 1.44 bits per heavy atom. The van der Waals surface area contributed by atoms with E-state index >= 15 is 0 Å². The number of unbranched alkanes of at least 4 members (excludes halogenated alkanes) is 1. The van der Waals surface area contributed by atoms with Crippen molar-refractivity contribution < 1.29 is 13.9 Å². The number of aromatic nitrogens is 2. The summed E-state index contributed by atoms with van der Waals surface area (Å²) in [6.07, 6.45) is 1.09. The Labute approximate surface area is 110 Å². The second-order valence-electron chi connectivity index (χ2n) is 3.62. The first-order valence-electron chi connectivity index (χ1n) is 5.52. The Hall–Kier alpha value is -1.43. The number of aryl methyl sites for hydroxylation is 1. The van der Waals surface area contributed by atoms with Crippen LogP contribution in [0.25, 0.3) is 0 Å². The summed E-state index contributed by atoms with van der Waals surface area (Å²) in [6.45, 7) is 1.78. The van der Waals surface area contributed by atoms with Gasteiger partial charge in [0.2, 0.25) is 5.28 Å². The second kappa shape index (κ2) is 7.10. The molecule has 1 N–H and O–H groups in total. The van der Waals surface area contributed by atoms with Crippen molar-refractivity contribution in [1.29, 1.82) is 0 Å². The highest BCUT2D eigenvalue weighted by atomic mass is 35.5. The molecule has 0 unspecified atom stereocenters. The molecule has 1 rings (SSSR count). The van der Waals surface area contributed by atoms with Gasteiger partial charge in [0.1, 0.15) is 11.4 Å². The molecule has 18 heavy (non-hydrogen) atoms. The van der Waals surface area contributed by atoms with Crippen molar-refractivity contribution >= 4 is 23.4 Å². The molecule has 0 aliphatic carbocycles. The Kier molecular flexibility index (Phi) is 5.77. The minimum Gasteiger partial charge on any atom is -0.465 e. The van der Waals surface area contributed by atoms with E-state index in [1.807, 2.05) is 0 Å². The molecule has 0 amide bonds. The number of carbonyl (C=O) groups excluding carboxylic acids is 1. The first-order chi connectivity index (χ1) is 8.60. The topological polar surface area (TPSA) is 64.1 Å². The first kappa shape index (κ1) is 14.6. The lowest BCUT2D eigenvalue weighted by Gasteiger charge is -2.11. The van der Waals surface area contributed by atoms with E-state index in [9.17, 15) is 9.18 Å². The zero-order valence-corrected chi connectivity index (χ0v) is 11.1. The van der Waals surface area contributed by atoms with Crippen LogP contribution in [0.15, 0.2) is 0 Å². The number of hydrogen-bond donors (Lipinski definition) is 1. The Morgan fingerprint density at radius 3 is 2.78 bits per heavy atom. The van der Waals surface area contributed by atoms with E-state index in [0.29, 0.717) is 30.9 Å². The zero-order chi connectivity index (χ0) is 13.5. The van der Waals surface area contributed by atoms with Crippen LogP contribution >= 0.6 is 11.6 Å². The SMILES string of the molecule is COC(=O)c1c(C)nc(Cl)nc1NCCCCF. The smallest absolute Gasteiger partial charge is 0.343 e. The van der Waals surface area contributed by atoms with Gasteiger partial charge in [-0.15, -0.1) is 0 Å². The number of anilines is 1. The summed E-state index contributed by atoms with van der Waals surface area (Å²) in [6, 6.07) is 0. The summed E-state index contributed by atoms with van der Waals surface area (Å²) in [5.74, 6) is -0.213. The molecule has 1 aromatic rings. The molecule has 0 atom stereocenters. The summed E-state index contributed by atoms with van der Waals surface area (Å²) in [5.41, 5.74) is 0.692. The molecule has 100 valence electrons. The molecule has 0 fully saturated rings. The summed E-state index contributed by atoms with van der Waals surface area (Å²) < 4.78 is 16.6.